The van der Waals surface area contributed by atoms with Crippen LogP contribution in [0, 0.1) is 23.7 Å². The molecule has 0 spiro atoms. The molecule has 0 bridgehead atoms. The van der Waals surface area contributed by atoms with E-state index in [4.69, 9.17) is 0 Å². The molecule has 0 radical (unpaired) electrons. The summed E-state index contributed by atoms with van der Waals surface area (Å²) < 4.78 is 0. The van der Waals surface area contributed by atoms with Crippen LogP contribution < -0.4 is 5.32 Å². The molecular formula is C23H35N3O4. The van der Waals surface area contributed by atoms with Crippen molar-refractivity contribution in [2.75, 3.05) is 13.1 Å². The van der Waals surface area contributed by atoms with Gasteiger partial charge in [-0.1, -0.05) is 39.8 Å². The number of hydrogen-bond acceptors (Lipinski definition) is 4. The van der Waals surface area contributed by atoms with E-state index < -0.39 is 6.04 Å². The molecule has 2 aliphatic heterocycles. The number of piperidine rings is 1. The molecule has 1 N–H and O–H groups in total. The van der Waals surface area contributed by atoms with Gasteiger partial charge in [-0.2, -0.15) is 0 Å². The van der Waals surface area contributed by atoms with Crippen molar-refractivity contribution in [3.05, 3.63) is 12.2 Å². The number of carbonyl (C=O) groups is 4. The van der Waals surface area contributed by atoms with Crippen molar-refractivity contribution in [1.82, 2.24) is 15.1 Å². The normalized spacial score (nSPS) is 25.8. The first-order chi connectivity index (χ1) is 14.2. The lowest BCUT2D eigenvalue weighted by molar-refractivity contribution is -0.149. The summed E-state index contributed by atoms with van der Waals surface area (Å²) in [6.07, 6.45) is 6.90. The van der Waals surface area contributed by atoms with Gasteiger partial charge < -0.3 is 10.2 Å². The molecule has 0 aromatic rings. The average Bonchev–Trinajstić information content (AvgIpc) is 2.96. The van der Waals surface area contributed by atoms with E-state index >= 15 is 0 Å². The number of fused-ring (bicyclic) bond motifs is 1. The van der Waals surface area contributed by atoms with Gasteiger partial charge in [0.25, 0.3) is 0 Å². The molecule has 7 heteroatoms. The predicted molar refractivity (Wildman–Crippen MR) is 113 cm³/mol. The molecule has 166 valence electrons. The minimum Gasteiger partial charge on any atom is -0.351 e. The van der Waals surface area contributed by atoms with E-state index in [1.807, 2.05) is 44.7 Å². The Bertz CT molecular complexity index is 696. The third kappa shape index (κ3) is 4.60. The summed E-state index contributed by atoms with van der Waals surface area (Å²) in [6, 6.07) is -0.800. The molecule has 2 saturated heterocycles. The molecule has 2 heterocycles. The van der Waals surface area contributed by atoms with E-state index in [0.29, 0.717) is 45.2 Å². The number of rotatable bonds is 6. The van der Waals surface area contributed by atoms with Crippen LogP contribution in [0.4, 0.5) is 0 Å². The molecule has 3 aliphatic rings. The molecule has 0 saturated carbocycles. The Hall–Kier alpha value is -2.18. The van der Waals surface area contributed by atoms with Crippen LogP contribution in [-0.4, -0.2) is 58.6 Å². The summed E-state index contributed by atoms with van der Waals surface area (Å²) in [5.74, 6) is -1.01. The summed E-state index contributed by atoms with van der Waals surface area (Å²) in [5.41, 5.74) is 0. The number of allylic oxidation sites excluding steroid dienone is 2. The zero-order valence-corrected chi connectivity index (χ0v) is 18.6. The average molecular weight is 418 g/mol. The van der Waals surface area contributed by atoms with Gasteiger partial charge in [-0.3, -0.25) is 24.1 Å². The van der Waals surface area contributed by atoms with Crippen molar-refractivity contribution in [2.24, 2.45) is 23.7 Å². The van der Waals surface area contributed by atoms with Crippen molar-refractivity contribution in [1.29, 1.82) is 0 Å². The summed E-state index contributed by atoms with van der Waals surface area (Å²) in [5, 5.41) is 3.07. The molecule has 4 amide bonds. The molecular weight excluding hydrogens is 382 g/mol. The highest BCUT2D eigenvalue weighted by Gasteiger charge is 2.51. The maximum absolute atomic E-state index is 13.2. The van der Waals surface area contributed by atoms with Crippen molar-refractivity contribution in [2.45, 2.75) is 71.9 Å². The van der Waals surface area contributed by atoms with Crippen molar-refractivity contribution in [3.63, 3.8) is 0 Å². The standard InChI is InChI=1S/C23H35N3O4/c1-14(2)13-19(26-22(29)17-7-5-6-8-18(17)23(26)30)20(27)24-16-9-11-25(12-10-16)21(28)15(3)4/h5-6,14-19H,7-13H2,1-4H3,(H,24,27)/t17-,18+,19-/m1/s1. The van der Waals surface area contributed by atoms with Gasteiger partial charge in [-0.25, -0.2) is 0 Å². The van der Waals surface area contributed by atoms with E-state index in [-0.39, 0.29) is 53.3 Å². The Morgan fingerprint density at radius 1 is 1.00 bits per heavy atom. The number of carbonyl (C=O) groups excluding carboxylic acids is 4. The van der Waals surface area contributed by atoms with Crippen LogP contribution in [0.5, 0.6) is 0 Å². The fraction of sp³-hybridized carbons (Fsp3) is 0.739. The van der Waals surface area contributed by atoms with Gasteiger partial charge in [0.1, 0.15) is 6.04 Å². The molecule has 3 rings (SSSR count). The fourth-order valence-electron chi connectivity index (χ4n) is 4.82. The van der Waals surface area contributed by atoms with Crippen LogP contribution in [0.15, 0.2) is 12.2 Å². The highest BCUT2D eigenvalue weighted by atomic mass is 16.2. The van der Waals surface area contributed by atoms with E-state index in [1.165, 1.54) is 4.90 Å². The minimum atomic E-state index is -0.758. The number of nitrogens with zero attached hydrogens (tertiary/aromatic N) is 2. The first-order valence-corrected chi connectivity index (χ1v) is 11.3. The highest BCUT2D eigenvalue weighted by molar-refractivity contribution is 6.08. The number of nitrogens with one attached hydrogen (secondary N) is 1. The Balaban J connectivity index is 1.66. The van der Waals surface area contributed by atoms with Crippen LogP contribution >= 0.6 is 0 Å². The van der Waals surface area contributed by atoms with Gasteiger partial charge in [-0.15, -0.1) is 0 Å². The fourth-order valence-corrected chi connectivity index (χ4v) is 4.82. The molecule has 7 nitrogen and oxygen atoms in total. The monoisotopic (exact) mass is 417 g/mol. The second-order valence-electron chi connectivity index (χ2n) is 9.61. The summed E-state index contributed by atoms with van der Waals surface area (Å²) in [6.45, 7) is 9.02. The number of likely N-dealkylation sites (tertiary alicyclic amines) is 2. The van der Waals surface area contributed by atoms with Gasteiger partial charge in [0.05, 0.1) is 11.8 Å². The largest absolute Gasteiger partial charge is 0.351 e. The van der Waals surface area contributed by atoms with E-state index in [0.717, 1.165) is 0 Å². The van der Waals surface area contributed by atoms with Crippen LogP contribution in [-0.2, 0) is 19.2 Å². The Labute approximate surface area is 179 Å². The van der Waals surface area contributed by atoms with Crippen LogP contribution in [0.2, 0.25) is 0 Å². The predicted octanol–water partition coefficient (Wildman–Crippen LogP) is 2.12. The van der Waals surface area contributed by atoms with E-state index in [2.05, 4.69) is 5.32 Å². The lowest BCUT2D eigenvalue weighted by atomic mass is 9.85. The lowest BCUT2D eigenvalue weighted by Gasteiger charge is -2.35. The van der Waals surface area contributed by atoms with Gasteiger partial charge in [-0.05, 0) is 38.0 Å². The van der Waals surface area contributed by atoms with Crippen LogP contribution in [0.3, 0.4) is 0 Å². The van der Waals surface area contributed by atoms with Crippen molar-refractivity contribution in [3.8, 4) is 0 Å². The first kappa shape index (κ1) is 22.5. The lowest BCUT2D eigenvalue weighted by Crippen LogP contribution is -2.54. The second-order valence-corrected chi connectivity index (χ2v) is 9.61. The Morgan fingerprint density at radius 2 is 1.53 bits per heavy atom. The SMILES string of the molecule is CC(C)C[C@H](C(=O)NC1CCN(C(=O)C(C)C)CC1)N1C(=O)[C@H]2CC=CC[C@H]2C1=O. The highest BCUT2D eigenvalue weighted by Crippen LogP contribution is 2.37. The third-order valence-electron chi connectivity index (χ3n) is 6.50. The molecule has 0 aromatic heterocycles. The maximum Gasteiger partial charge on any atom is 0.243 e. The van der Waals surface area contributed by atoms with Crippen LogP contribution in [0.25, 0.3) is 0 Å². The topological polar surface area (TPSA) is 86.8 Å². The summed E-state index contributed by atoms with van der Waals surface area (Å²) in [7, 11) is 0. The molecule has 1 aliphatic carbocycles. The van der Waals surface area contributed by atoms with E-state index in [9.17, 15) is 19.2 Å². The minimum absolute atomic E-state index is 0.0308. The van der Waals surface area contributed by atoms with Crippen molar-refractivity contribution >= 4 is 23.6 Å². The van der Waals surface area contributed by atoms with Gasteiger partial charge >= 0.3 is 0 Å². The smallest absolute Gasteiger partial charge is 0.243 e. The summed E-state index contributed by atoms with van der Waals surface area (Å²) in [4.78, 5) is 54.5. The number of imide groups is 1. The van der Waals surface area contributed by atoms with E-state index in [1.54, 1.807) is 0 Å². The van der Waals surface area contributed by atoms with Crippen LogP contribution in [0.1, 0.15) is 59.8 Å². The zero-order valence-electron chi connectivity index (χ0n) is 18.6. The molecule has 2 fully saturated rings. The van der Waals surface area contributed by atoms with Gasteiger partial charge in [0.2, 0.25) is 23.6 Å². The molecule has 0 unspecified atom stereocenters. The first-order valence-electron chi connectivity index (χ1n) is 11.3. The Morgan fingerprint density at radius 3 is 2.00 bits per heavy atom. The molecule has 30 heavy (non-hydrogen) atoms. The number of amides is 4. The molecule has 3 atom stereocenters. The Kier molecular flexibility index (Phi) is 6.98. The quantitative estimate of drug-likeness (QED) is 0.530. The summed E-state index contributed by atoms with van der Waals surface area (Å²) >= 11 is 0. The van der Waals surface area contributed by atoms with Crippen molar-refractivity contribution < 1.29 is 19.2 Å². The third-order valence-corrected chi connectivity index (χ3v) is 6.50. The van der Waals surface area contributed by atoms with Gasteiger partial charge in [0, 0.05) is 25.0 Å². The zero-order chi connectivity index (χ0) is 22.0. The second kappa shape index (κ2) is 9.31. The number of hydrogen-bond donors (Lipinski definition) is 1. The molecule has 0 aromatic carbocycles. The maximum atomic E-state index is 13.2. The van der Waals surface area contributed by atoms with Gasteiger partial charge in [0.15, 0.2) is 0 Å².